The van der Waals surface area contributed by atoms with Crippen molar-refractivity contribution in [1.29, 1.82) is 0 Å². The maximum atomic E-state index is 12.8. The quantitative estimate of drug-likeness (QED) is 0.717. The summed E-state index contributed by atoms with van der Waals surface area (Å²) in [7, 11) is 2.89. The van der Waals surface area contributed by atoms with Gasteiger partial charge in [-0.25, -0.2) is 9.97 Å². The van der Waals surface area contributed by atoms with Gasteiger partial charge in [-0.2, -0.15) is 13.2 Å². The minimum Gasteiger partial charge on any atom is -0.492 e. The summed E-state index contributed by atoms with van der Waals surface area (Å²) in [4.78, 5) is 7.82. The number of methoxy groups -OCH3 is 2. The van der Waals surface area contributed by atoms with E-state index in [0.29, 0.717) is 22.2 Å². The summed E-state index contributed by atoms with van der Waals surface area (Å²) < 4.78 is 48.8. The minimum absolute atomic E-state index is 0.233. The Morgan fingerprint density at radius 3 is 2.57 bits per heavy atom. The Hall–Kier alpha value is -2.35. The van der Waals surface area contributed by atoms with Crippen LogP contribution in [0.1, 0.15) is 5.69 Å². The second kappa shape index (κ2) is 5.69. The highest BCUT2D eigenvalue weighted by atomic mass is 32.1. The molecule has 8 heteroatoms. The van der Waals surface area contributed by atoms with E-state index in [-0.39, 0.29) is 10.8 Å². The van der Waals surface area contributed by atoms with Gasteiger partial charge in [-0.05, 0) is 6.07 Å². The van der Waals surface area contributed by atoms with E-state index >= 15 is 0 Å². The zero-order valence-corrected chi connectivity index (χ0v) is 12.9. The average molecular weight is 339 g/mol. The van der Waals surface area contributed by atoms with E-state index < -0.39 is 11.9 Å². The van der Waals surface area contributed by atoms with Crippen LogP contribution in [0.25, 0.3) is 21.5 Å². The van der Waals surface area contributed by atoms with Gasteiger partial charge in [0.1, 0.15) is 11.2 Å². The summed E-state index contributed by atoms with van der Waals surface area (Å²) in [5, 5.41) is 1.75. The fraction of sp³-hybridized carbons (Fsp3) is 0.200. The summed E-state index contributed by atoms with van der Waals surface area (Å²) in [5.74, 6) is 0.636. The number of thiazole rings is 1. The molecule has 3 aromatic rings. The molecule has 0 saturated heterocycles. The molecule has 0 atom stereocenters. The van der Waals surface area contributed by atoms with Crippen molar-refractivity contribution < 1.29 is 22.6 Å². The third-order valence-corrected chi connectivity index (χ3v) is 4.06. The number of rotatable bonds is 3. The molecule has 0 N–H and O–H groups in total. The molecule has 4 nitrogen and oxygen atoms in total. The number of fused-ring (bicyclic) bond motifs is 1. The van der Waals surface area contributed by atoms with Gasteiger partial charge in [0.05, 0.1) is 25.1 Å². The van der Waals surface area contributed by atoms with Gasteiger partial charge < -0.3 is 9.47 Å². The second-order valence-electron chi connectivity index (χ2n) is 4.53. The highest BCUT2D eigenvalue weighted by Gasteiger charge is 2.34. The Morgan fingerprint density at radius 2 is 1.96 bits per heavy atom. The van der Waals surface area contributed by atoms with Gasteiger partial charge in [-0.1, -0.05) is 12.1 Å². The van der Waals surface area contributed by atoms with Crippen LogP contribution in [0.15, 0.2) is 23.6 Å². The average Bonchev–Trinajstić information content (AvgIpc) is 3.03. The number of ether oxygens (including phenoxy) is 2. The Labute approximate surface area is 133 Å². The van der Waals surface area contributed by atoms with Crippen molar-refractivity contribution in [3.63, 3.8) is 0 Å². The molecule has 2 heterocycles. The molecular weight excluding hydrogens is 329 g/mol. The molecule has 0 spiro atoms. The van der Waals surface area contributed by atoms with E-state index in [1.165, 1.54) is 14.2 Å². The first-order valence-electron chi connectivity index (χ1n) is 6.41. The zero-order valence-electron chi connectivity index (χ0n) is 12.1. The molecule has 23 heavy (non-hydrogen) atoms. The lowest BCUT2D eigenvalue weighted by atomic mass is 10.1. The first-order valence-corrected chi connectivity index (χ1v) is 7.29. The molecular formula is C15H10F3N2O2S. The van der Waals surface area contributed by atoms with E-state index in [9.17, 15) is 13.2 Å². The molecule has 0 amide bonds. The number of halogens is 3. The monoisotopic (exact) mass is 339 g/mol. The third-order valence-electron chi connectivity index (χ3n) is 3.19. The molecule has 0 saturated carbocycles. The normalized spacial score (nSPS) is 11.7. The molecule has 1 aromatic carbocycles. The molecule has 0 aliphatic rings. The Bertz CT molecular complexity index is 862. The van der Waals surface area contributed by atoms with Crippen LogP contribution in [-0.2, 0) is 6.18 Å². The highest BCUT2D eigenvalue weighted by molar-refractivity contribution is 7.13. The SMILES string of the molecule is COc1[c]nc2cccc(-c3nc(C(F)(F)F)cs3)c2c1OC. The van der Waals surface area contributed by atoms with Gasteiger partial charge in [-0.15, -0.1) is 11.3 Å². The molecule has 0 bridgehead atoms. The number of alkyl halides is 3. The second-order valence-corrected chi connectivity index (χ2v) is 5.38. The fourth-order valence-electron chi connectivity index (χ4n) is 2.19. The topological polar surface area (TPSA) is 44.2 Å². The van der Waals surface area contributed by atoms with E-state index in [4.69, 9.17) is 9.47 Å². The molecule has 2 aromatic heterocycles. The number of benzene rings is 1. The Kier molecular flexibility index (Phi) is 3.85. The minimum atomic E-state index is -4.48. The first kappa shape index (κ1) is 15.5. The van der Waals surface area contributed by atoms with E-state index in [2.05, 4.69) is 16.2 Å². The van der Waals surface area contributed by atoms with Gasteiger partial charge in [0.25, 0.3) is 0 Å². The lowest BCUT2D eigenvalue weighted by Gasteiger charge is -2.12. The third kappa shape index (κ3) is 2.70. The van der Waals surface area contributed by atoms with Crippen LogP contribution in [0.4, 0.5) is 13.2 Å². The summed E-state index contributed by atoms with van der Waals surface area (Å²) in [6, 6.07) is 5.08. The first-order chi connectivity index (χ1) is 11.0. The molecule has 0 aliphatic heterocycles. The van der Waals surface area contributed by atoms with Crippen LogP contribution in [0, 0.1) is 6.20 Å². The lowest BCUT2D eigenvalue weighted by Crippen LogP contribution is -2.04. The summed E-state index contributed by atoms with van der Waals surface area (Å²) in [6.45, 7) is 0. The predicted octanol–water partition coefficient (Wildman–Crippen LogP) is 4.19. The van der Waals surface area contributed by atoms with Crippen molar-refractivity contribution in [2.75, 3.05) is 14.2 Å². The molecule has 0 unspecified atom stereocenters. The molecule has 0 aliphatic carbocycles. The summed E-state index contributed by atoms with van der Waals surface area (Å²) in [5.41, 5.74) is 0.111. The zero-order chi connectivity index (χ0) is 16.6. The van der Waals surface area contributed by atoms with Crippen LogP contribution in [0.5, 0.6) is 11.5 Å². The molecule has 0 fully saturated rings. The largest absolute Gasteiger partial charge is 0.492 e. The van der Waals surface area contributed by atoms with Gasteiger partial charge in [0.15, 0.2) is 17.2 Å². The standard InChI is InChI=1S/C15H10F3N2O2S/c1-21-10-6-19-9-5-3-4-8(12(9)13(10)22-2)14-20-11(7-23-14)15(16,17)18/h3-5,7H,1-2H3. The maximum absolute atomic E-state index is 12.8. The number of hydrogen-bond acceptors (Lipinski definition) is 5. The highest BCUT2D eigenvalue weighted by Crippen LogP contribution is 2.41. The van der Waals surface area contributed by atoms with E-state index in [1.807, 2.05) is 0 Å². The predicted molar refractivity (Wildman–Crippen MR) is 79.8 cm³/mol. The molecule has 1 radical (unpaired) electrons. The smallest absolute Gasteiger partial charge is 0.434 e. The number of hydrogen-bond donors (Lipinski definition) is 0. The maximum Gasteiger partial charge on any atom is 0.434 e. The summed E-state index contributed by atoms with van der Waals surface area (Å²) >= 11 is 0.912. The van der Waals surface area contributed by atoms with Crippen LogP contribution in [0.3, 0.4) is 0 Å². The number of nitrogens with zero attached hydrogens (tertiary/aromatic N) is 2. The van der Waals surface area contributed by atoms with Crippen molar-refractivity contribution >= 4 is 22.2 Å². The van der Waals surface area contributed by atoms with Crippen molar-refractivity contribution in [3.8, 4) is 22.1 Å². The Balaban J connectivity index is 2.27. The fourth-order valence-corrected chi connectivity index (χ4v) is 3.04. The summed E-state index contributed by atoms with van der Waals surface area (Å²) in [6.07, 6.45) is -1.78. The van der Waals surface area contributed by atoms with Crippen molar-refractivity contribution in [2.45, 2.75) is 6.18 Å². The van der Waals surface area contributed by atoms with Crippen molar-refractivity contribution in [3.05, 3.63) is 35.5 Å². The van der Waals surface area contributed by atoms with Gasteiger partial charge in [0.2, 0.25) is 0 Å². The van der Waals surface area contributed by atoms with Crippen molar-refractivity contribution in [1.82, 2.24) is 9.97 Å². The Morgan fingerprint density at radius 1 is 1.17 bits per heavy atom. The van der Waals surface area contributed by atoms with Crippen LogP contribution >= 0.6 is 11.3 Å². The van der Waals surface area contributed by atoms with Crippen LogP contribution < -0.4 is 9.47 Å². The van der Waals surface area contributed by atoms with Gasteiger partial charge >= 0.3 is 6.18 Å². The molecule has 3 rings (SSSR count). The van der Waals surface area contributed by atoms with Crippen LogP contribution in [-0.4, -0.2) is 24.2 Å². The van der Waals surface area contributed by atoms with Crippen LogP contribution in [0.2, 0.25) is 0 Å². The molecule has 119 valence electrons. The van der Waals surface area contributed by atoms with Gasteiger partial charge in [0, 0.05) is 10.9 Å². The number of aromatic nitrogens is 2. The van der Waals surface area contributed by atoms with E-state index in [1.54, 1.807) is 18.2 Å². The van der Waals surface area contributed by atoms with Crippen molar-refractivity contribution in [2.24, 2.45) is 0 Å². The van der Waals surface area contributed by atoms with Gasteiger partial charge in [-0.3, -0.25) is 0 Å². The lowest BCUT2D eigenvalue weighted by molar-refractivity contribution is -0.140. The number of pyridine rings is 1. The van der Waals surface area contributed by atoms with E-state index in [0.717, 1.165) is 16.7 Å².